The Morgan fingerprint density at radius 1 is 1.00 bits per heavy atom. The summed E-state index contributed by atoms with van der Waals surface area (Å²) in [5.41, 5.74) is -0.0783. The van der Waals surface area contributed by atoms with Crippen molar-refractivity contribution in [2.24, 2.45) is 0 Å². The van der Waals surface area contributed by atoms with Crippen LogP contribution < -0.4 is 14.9 Å². The lowest BCUT2D eigenvalue weighted by atomic mass is 9.79. The molecule has 0 amide bonds. The van der Waals surface area contributed by atoms with E-state index in [1.54, 1.807) is 20.3 Å². The highest BCUT2D eigenvalue weighted by Gasteiger charge is 2.52. The third-order valence-electron chi connectivity index (χ3n) is 4.02. The molecule has 1 saturated heterocycles. The topological polar surface area (TPSA) is 36.9 Å². The van der Waals surface area contributed by atoms with Crippen LogP contribution in [0.3, 0.4) is 0 Å². The molecule has 1 aromatic rings. The minimum absolute atomic E-state index is 0.409. The number of methoxy groups -OCH3 is 2. The van der Waals surface area contributed by atoms with Crippen molar-refractivity contribution in [1.82, 2.24) is 0 Å². The number of hydrogen-bond acceptors (Lipinski definition) is 4. The average Bonchev–Trinajstić information content (AvgIpc) is 2.57. The predicted octanol–water partition coefficient (Wildman–Crippen LogP) is 2.66. The van der Waals surface area contributed by atoms with Gasteiger partial charge in [-0.2, -0.15) is 0 Å². The molecule has 0 bridgehead atoms. The van der Waals surface area contributed by atoms with E-state index in [1.165, 1.54) is 0 Å². The van der Waals surface area contributed by atoms with Gasteiger partial charge in [0.15, 0.2) is 11.5 Å². The summed E-state index contributed by atoms with van der Waals surface area (Å²) in [5.74, 6) is 1.07. The van der Waals surface area contributed by atoms with Gasteiger partial charge in [0.1, 0.15) is 0 Å². The molecule has 0 saturated carbocycles. The highest BCUT2D eigenvalue weighted by Crippen LogP contribution is 2.39. The maximum Gasteiger partial charge on any atom is 0.496 e. The van der Waals surface area contributed by atoms with Crippen molar-refractivity contribution in [2.45, 2.75) is 38.9 Å². The van der Waals surface area contributed by atoms with E-state index in [4.69, 9.17) is 30.4 Å². The molecule has 20 heavy (non-hydrogen) atoms. The second kappa shape index (κ2) is 5.13. The van der Waals surface area contributed by atoms with Gasteiger partial charge in [-0.1, -0.05) is 17.7 Å². The van der Waals surface area contributed by atoms with Crippen LogP contribution in [0.25, 0.3) is 0 Å². The molecule has 110 valence electrons. The maximum absolute atomic E-state index is 6.39. The van der Waals surface area contributed by atoms with Gasteiger partial charge in [-0.15, -0.1) is 0 Å². The van der Waals surface area contributed by atoms with Crippen molar-refractivity contribution in [2.75, 3.05) is 14.2 Å². The summed E-state index contributed by atoms with van der Waals surface area (Å²) in [6.45, 7) is 8.01. The third kappa shape index (κ3) is 2.38. The van der Waals surface area contributed by atoms with Crippen molar-refractivity contribution >= 4 is 24.2 Å². The van der Waals surface area contributed by atoms with E-state index in [0.29, 0.717) is 16.5 Å². The Morgan fingerprint density at radius 3 is 2.00 bits per heavy atom. The van der Waals surface area contributed by atoms with Gasteiger partial charge in [0.2, 0.25) is 0 Å². The lowest BCUT2D eigenvalue weighted by molar-refractivity contribution is 0.00578. The van der Waals surface area contributed by atoms with Gasteiger partial charge in [-0.05, 0) is 33.8 Å². The fourth-order valence-electron chi connectivity index (χ4n) is 2.06. The Kier molecular flexibility index (Phi) is 3.97. The van der Waals surface area contributed by atoms with Crippen molar-refractivity contribution in [3.05, 3.63) is 17.2 Å². The molecule has 4 nitrogen and oxygen atoms in total. The molecule has 0 unspecified atom stereocenters. The van der Waals surface area contributed by atoms with Gasteiger partial charge in [-0.25, -0.2) is 0 Å². The molecule has 0 N–H and O–H groups in total. The Morgan fingerprint density at radius 2 is 1.55 bits per heavy atom. The average molecular weight is 299 g/mol. The Balaban J connectivity index is 2.41. The second-order valence-corrected chi connectivity index (χ2v) is 6.17. The monoisotopic (exact) mass is 298 g/mol. The summed E-state index contributed by atoms with van der Waals surface area (Å²) in [7, 11) is 2.60. The molecule has 0 aliphatic carbocycles. The van der Waals surface area contributed by atoms with Gasteiger partial charge in [-0.3, -0.25) is 0 Å². The standard InChI is InChI=1S/C14H20BClO4/c1-13(2)14(3,4)20-15(19-13)9-7-8-10(17-5)12(18-6)11(9)16/h7-8H,1-6H3. The van der Waals surface area contributed by atoms with E-state index in [0.717, 1.165) is 5.46 Å². The van der Waals surface area contributed by atoms with E-state index < -0.39 is 18.3 Å². The molecule has 1 aliphatic rings. The zero-order valence-corrected chi connectivity index (χ0v) is 13.5. The fraction of sp³-hybridized carbons (Fsp3) is 0.571. The maximum atomic E-state index is 6.39. The van der Waals surface area contributed by atoms with Crippen LogP contribution >= 0.6 is 11.6 Å². The number of rotatable bonds is 3. The van der Waals surface area contributed by atoms with Crippen LogP contribution in [0, 0.1) is 0 Å². The smallest absolute Gasteiger partial charge is 0.493 e. The van der Waals surface area contributed by atoms with Crippen LogP contribution in [0.1, 0.15) is 27.7 Å². The highest BCUT2D eigenvalue weighted by molar-refractivity contribution is 6.66. The van der Waals surface area contributed by atoms with Gasteiger partial charge in [0, 0.05) is 5.46 Å². The van der Waals surface area contributed by atoms with Crippen molar-refractivity contribution in [1.29, 1.82) is 0 Å². The summed E-state index contributed by atoms with van der Waals surface area (Å²) < 4.78 is 22.5. The van der Waals surface area contributed by atoms with Gasteiger partial charge in [0.05, 0.1) is 30.4 Å². The molecule has 1 aromatic carbocycles. The molecular formula is C14H20BClO4. The van der Waals surface area contributed by atoms with Crippen LogP contribution in [0.15, 0.2) is 12.1 Å². The van der Waals surface area contributed by atoms with Crippen LogP contribution in [-0.4, -0.2) is 32.5 Å². The first-order chi connectivity index (χ1) is 9.23. The van der Waals surface area contributed by atoms with Gasteiger partial charge < -0.3 is 18.8 Å². The normalized spacial score (nSPS) is 20.1. The zero-order chi connectivity index (χ0) is 15.1. The fourth-order valence-corrected chi connectivity index (χ4v) is 2.38. The van der Waals surface area contributed by atoms with E-state index in [9.17, 15) is 0 Å². The quantitative estimate of drug-likeness (QED) is 0.804. The summed E-state index contributed by atoms with van der Waals surface area (Å²) in [5, 5.41) is 0.449. The Bertz CT molecular complexity index is 500. The molecule has 1 aliphatic heterocycles. The van der Waals surface area contributed by atoms with E-state index in [2.05, 4.69) is 0 Å². The van der Waals surface area contributed by atoms with Crippen LogP contribution in [0.4, 0.5) is 0 Å². The van der Waals surface area contributed by atoms with E-state index in [-0.39, 0.29) is 0 Å². The minimum atomic E-state index is -0.521. The number of hydrogen-bond donors (Lipinski definition) is 0. The molecule has 2 rings (SSSR count). The zero-order valence-electron chi connectivity index (χ0n) is 12.7. The summed E-state index contributed by atoms with van der Waals surface area (Å²) in [4.78, 5) is 0. The van der Waals surface area contributed by atoms with E-state index in [1.807, 2.05) is 33.8 Å². The minimum Gasteiger partial charge on any atom is -0.493 e. The lowest BCUT2D eigenvalue weighted by Crippen LogP contribution is -2.41. The molecule has 0 spiro atoms. The number of benzene rings is 1. The Hall–Kier alpha value is -0.905. The molecular weight excluding hydrogens is 278 g/mol. The molecule has 1 heterocycles. The first-order valence-electron chi connectivity index (χ1n) is 6.49. The second-order valence-electron chi connectivity index (χ2n) is 5.79. The van der Waals surface area contributed by atoms with Crippen molar-refractivity contribution in [3.8, 4) is 11.5 Å². The lowest BCUT2D eigenvalue weighted by Gasteiger charge is -2.32. The first-order valence-corrected chi connectivity index (χ1v) is 6.87. The Labute approximate surface area is 125 Å². The van der Waals surface area contributed by atoms with Crippen molar-refractivity contribution < 1.29 is 18.8 Å². The summed E-state index contributed by atoms with van der Waals surface area (Å²) >= 11 is 6.39. The largest absolute Gasteiger partial charge is 0.496 e. The highest BCUT2D eigenvalue weighted by atomic mass is 35.5. The molecule has 0 atom stereocenters. The summed E-state index contributed by atoms with van der Waals surface area (Å²) in [6.07, 6.45) is 0. The molecule has 0 aromatic heterocycles. The number of ether oxygens (including phenoxy) is 2. The molecule has 6 heteroatoms. The van der Waals surface area contributed by atoms with Crippen molar-refractivity contribution in [3.63, 3.8) is 0 Å². The molecule has 1 fully saturated rings. The van der Waals surface area contributed by atoms with Crippen LogP contribution in [0.2, 0.25) is 5.02 Å². The molecule has 0 radical (unpaired) electrons. The SMILES string of the molecule is COc1ccc(B2OC(C)(C)C(C)(C)O2)c(Cl)c1OC. The summed E-state index contributed by atoms with van der Waals surface area (Å²) in [6, 6.07) is 3.64. The predicted molar refractivity (Wildman–Crippen MR) is 80.3 cm³/mol. The number of halogens is 1. The van der Waals surface area contributed by atoms with Crippen LogP contribution in [0.5, 0.6) is 11.5 Å². The van der Waals surface area contributed by atoms with Gasteiger partial charge >= 0.3 is 7.12 Å². The van der Waals surface area contributed by atoms with Gasteiger partial charge in [0.25, 0.3) is 0 Å². The van der Waals surface area contributed by atoms with E-state index >= 15 is 0 Å². The van der Waals surface area contributed by atoms with Crippen LogP contribution in [-0.2, 0) is 9.31 Å². The first kappa shape index (κ1) is 15.5. The third-order valence-corrected chi connectivity index (χ3v) is 4.41.